The van der Waals surface area contributed by atoms with Gasteiger partial charge in [0.15, 0.2) is 0 Å². The monoisotopic (exact) mass is 305 g/mol. The Bertz CT molecular complexity index is 586. The molecular weight excluding hydrogens is 289 g/mol. The van der Waals surface area contributed by atoms with Gasteiger partial charge < -0.3 is 9.47 Å². The average molecular weight is 305 g/mol. The van der Waals surface area contributed by atoms with E-state index in [0.29, 0.717) is 0 Å². The first-order valence-electron chi connectivity index (χ1n) is 5.82. The van der Waals surface area contributed by atoms with Gasteiger partial charge in [-0.25, -0.2) is 22.7 Å². The molecule has 0 bridgehead atoms. The Hall–Kier alpha value is -1.51. The van der Waals surface area contributed by atoms with Crippen molar-refractivity contribution in [2.75, 3.05) is 13.2 Å². The summed E-state index contributed by atoms with van der Waals surface area (Å²) in [6, 6.07) is 2.57. The molecule has 6 nitrogen and oxygen atoms in total. The summed E-state index contributed by atoms with van der Waals surface area (Å²) in [5, 5.41) is 4.88. The first-order valence-corrected chi connectivity index (χ1v) is 7.37. The number of hydrogen-bond acceptors (Lipinski definition) is 5. The molecule has 0 aliphatic rings. The van der Waals surface area contributed by atoms with E-state index in [0.717, 1.165) is 18.2 Å². The lowest BCUT2D eigenvalue weighted by atomic mass is 10.2. The van der Waals surface area contributed by atoms with Crippen molar-refractivity contribution in [3.63, 3.8) is 0 Å². The summed E-state index contributed by atoms with van der Waals surface area (Å²) >= 11 is 0. The minimum absolute atomic E-state index is 0.00291. The second-order valence-electron chi connectivity index (χ2n) is 4.28. The summed E-state index contributed by atoms with van der Waals surface area (Å²) in [5.41, 5.74) is -0.224. The number of sulfonamides is 1. The lowest BCUT2D eigenvalue weighted by Crippen LogP contribution is -2.16. The van der Waals surface area contributed by atoms with E-state index in [9.17, 15) is 17.6 Å². The maximum Gasteiger partial charge on any atom is 0.338 e. The fourth-order valence-corrected chi connectivity index (χ4v) is 1.91. The van der Waals surface area contributed by atoms with Crippen LogP contribution in [-0.2, 0) is 19.5 Å². The van der Waals surface area contributed by atoms with Crippen molar-refractivity contribution in [3.05, 3.63) is 29.6 Å². The lowest BCUT2D eigenvalue weighted by molar-refractivity contribution is 0.0176. The molecule has 1 aromatic carbocycles. The molecule has 0 aromatic heterocycles. The molecule has 0 spiro atoms. The summed E-state index contributed by atoms with van der Waals surface area (Å²) in [4.78, 5) is 11.2. The lowest BCUT2D eigenvalue weighted by Gasteiger charge is -2.09. The predicted molar refractivity (Wildman–Crippen MR) is 69.1 cm³/mol. The molecule has 0 fully saturated rings. The highest BCUT2D eigenvalue weighted by molar-refractivity contribution is 7.89. The maximum absolute atomic E-state index is 13.3. The molecule has 0 amide bonds. The summed E-state index contributed by atoms with van der Waals surface area (Å²) in [6.07, 6.45) is -0.00291. The number of halogens is 1. The molecule has 0 atom stereocenters. The highest BCUT2D eigenvalue weighted by Gasteiger charge is 2.15. The molecule has 1 rings (SSSR count). The van der Waals surface area contributed by atoms with Gasteiger partial charge in [-0.3, -0.25) is 0 Å². The maximum atomic E-state index is 13.3. The summed E-state index contributed by atoms with van der Waals surface area (Å²) in [7, 11) is -4.09. The van der Waals surface area contributed by atoms with Gasteiger partial charge in [-0.2, -0.15) is 0 Å². The summed E-state index contributed by atoms with van der Waals surface area (Å²) in [6.45, 7) is 3.83. The Morgan fingerprint density at radius 3 is 2.50 bits per heavy atom. The zero-order valence-electron chi connectivity index (χ0n) is 11.1. The third kappa shape index (κ3) is 5.24. The molecular formula is C12H16FNO5S. The van der Waals surface area contributed by atoms with Crippen molar-refractivity contribution >= 4 is 16.0 Å². The van der Waals surface area contributed by atoms with Crippen LogP contribution in [0.25, 0.3) is 0 Å². The molecule has 112 valence electrons. The highest BCUT2D eigenvalue weighted by Crippen LogP contribution is 2.14. The number of esters is 1. The molecule has 0 saturated carbocycles. The van der Waals surface area contributed by atoms with Crippen LogP contribution < -0.4 is 5.14 Å². The van der Waals surface area contributed by atoms with Crippen LogP contribution in [0.1, 0.15) is 24.2 Å². The van der Waals surface area contributed by atoms with Crippen molar-refractivity contribution in [1.82, 2.24) is 0 Å². The van der Waals surface area contributed by atoms with Crippen LogP contribution in [0.15, 0.2) is 23.1 Å². The molecule has 8 heteroatoms. The fourth-order valence-electron chi connectivity index (χ4n) is 1.35. The minimum Gasteiger partial charge on any atom is -0.460 e. The average Bonchev–Trinajstić information content (AvgIpc) is 2.32. The van der Waals surface area contributed by atoms with E-state index in [4.69, 9.17) is 14.6 Å². The number of benzene rings is 1. The van der Waals surface area contributed by atoms with Crippen molar-refractivity contribution in [1.29, 1.82) is 0 Å². The minimum atomic E-state index is -4.09. The SMILES string of the molecule is CC(C)OCCOC(=O)c1cc(F)cc(S(N)(=O)=O)c1. The normalized spacial score (nSPS) is 11.7. The first-order chi connectivity index (χ1) is 9.20. The van der Waals surface area contributed by atoms with E-state index in [2.05, 4.69) is 0 Å². The number of carbonyl (C=O) groups excluding carboxylic acids is 1. The number of carbonyl (C=O) groups is 1. The van der Waals surface area contributed by atoms with Gasteiger partial charge in [-0.05, 0) is 32.0 Å². The largest absolute Gasteiger partial charge is 0.460 e. The van der Waals surface area contributed by atoms with Crippen molar-refractivity contribution in [2.45, 2.75) is 24.8 Å². The quantitative estimate of drug-likeness (QED) is 0.626. The summed E-state index contributed by atoms with van der Waals surface area (Å²) in [5.74, 6) is -1.73. The topological polar surface area (TPSA) is 95.7 Å². The van der Waals surface area contributed by atoms with Crippen LogP contribution in [0.5, 0.6) is 0 Å². The second-order valence-corrected chi connectivity index (χ2v) is 5.84. The third-order valence-corrected chi connectivity index (χ3v) is 3.10. The number of ether oxygens (including phenoxy) is 2. The fraction of sp³-hybridized carbons (Fsp3) is 0.417. The molecule has 20 heavy (non-hydrogen) atoms. The zero-order chi connectivity index (χ0) is 15.3. The third-order valence-electron chi connectivity index (χ3n) is 2.20. The molecule has 0 radical (unpaired) electrons. The van der Waals surface area contributed by atoms with Gasteiger partial charge in [0.1, 0.15) is 12.4 Å². The van der Waals surface area contributed by atoms with Crippen LogP contribution >= 0.6 is 0 Å². The van der Waals surface area contributed by atoms with Crippen LogP contribution in [0.3, 0.4) is 0 Å². The van der Waals surface area contributed by atoms with Crippen LogP contribution in [-0.4, -0.2) is 33.7 Å². The predicted octanol–water partition coefficient (Wildman–Crippen LogP) is 1.05. The Kier molecular flexibility index (Phi) is 5.61. The number of primary sulfonamides is 1. The molecule has 2 N–H and O–H groups in total. The molecule has 0 aliphatic carbocycles. The van der Waals surface area contributed by atoms with E-state index in [1.54, 1.807) is 0 Å². The van der Waals surface area contributed by atoms with Crippen molar-refractivity contribution in [2.24, 2.45) is 5.14 Å². The highest BCUT2D eigenvalue weighted by atomic mass is 32.2. The van der Waals surface area contributed by atoms with Gasteiger partial charge in [0.05, 0.1) is 23.2 Å². The number of hydrogen-bond donors (Lipinski definition) is 1. The molecule has 0 saturated heterocycles. The van der Waals surface area contributed by atoms with E-state index < -0.39 is 26.7 Å². The smallest absolute Gasteiger partial charge is 0.338 e. The van der Waals surface area contributed by atoms with Crippen LogP contribution in [0, 0.1) is 5.82 Å². The Morgan fingerprint density at radius 1 is 1.30 bits per heavy atom. The van der Waals surface area contributed by atoms with E-state index in [1.807, 2.05) is 13.8 Å². The van der Waals surface area contributed by atoms with Crippen molar-refractivity contribution in [3.8, 4) is 0 Å². The van der Waals surface area contributed by atoms with E-state index in [1.165, 1.54) is 0 Å². The standard InChI is InChI=1S/C12H16FNO5S/c1-8(2)18-3-4-19-12(15)9-5-10(13)7-11(6-9)20(14,16)17/h5-8H,3-4H2,1-2H3,(H2,14,16,17). The van der Waals surface area contributed by atoms with Gasteiger partial charge >= 0.3 is 5.97 Å². The Labute approximate surface area is 116 Å². The first kappa shape index (κ1) is 16.5. The molecule has 1 aromatic rings. The van der Waals surface area contributed by atoms with Crippen LogP contribution in [0.4, 0.5) is 4.39 Å². The Morgan fingerprint density at radius 2 is 1.95 bits per heavy atom. The van der Waals surface area contributed by atoms with Gasteiger partial charge in [-0.15, -0.1) is 0 Å². The van der Waals surface area contributed by atoms with Gasteiger partial charge in [-0.1, -0.05) is 0 Å². The molecule has 0 aliphatic heterocycles. The zero-order valence-corrected chi connectivity index (χ0v) is 11.9. The van der Waals surface area contributed by atoms with Gasteiger partial charge in [0.2, 0.25) is 10.0 Å². The second kappa shape index (κ2) is 6.78. The van der Waals surface area contributed by atoms with E-state index >= 15 is 0 Å². The number of nitrogens with two attached hydrogens (primary N) is 1. The van der Waals surface area contributed by atoms with Gasteiger partial charge in [0.25, 0.3) is 0 Å². The number of rotatable bonds is 6. The summed E-state index contributed by atoms with van der Waals surface area (Å²) < 4.78 is 45.5. The van der Waals surface area contributed by atoms with Crippen molar-refractivity contribution < 1.29 is 27.1 Å². The van der Waals surface area contributed by atoms with E-state index in [-0.39, 0.29) is 24.9 Å². The Balaban J connectivity index is 2.76. The van der Waals surface area contributed by atoms with Crippen LogP contribution in [0.2, 0.25) is 0 Å². The molecule has 0 heterocycles. The van der Waals surface area contributed by atoms with Gasteiger partial charge in [0, 0.05) is 0 Å². The molecule has 0 unspecified atom stereocenters.